The van der Waals surface area contributed by atoms with Crippen molar-refractivity contribution in [1.29, 1.82) is 0 Å². The summed E-state index contributed by atoms with van der Waals surface area (Å²) >= 11 is 1.64. The highest BCUT2D eigenvalue weighted by molar-refractivity contribution is 7.10. The van der Waals surface area contributed by atoms with E-state index in [0.29, 0.717) is 18.0 Å². The van der Waals surface area contributed by atoms with E-state index < -0.39 is 0 Å². The molecule has 0 atom stereocenters. The molecule has 2 aromatic heterocycles. The zero-order valence-electron chi connectivity index (χ0n) is 10.3. The van der Waals surface area contributed by atoms with Gasteiger partial charge in [0.2, 0.25) is 5.88 Å². The van der Waals surface area contributed by atoms with Crippen LogP contribution in [0.15, 0.2) is 29.8 Å². The number of ether oxygens (including phenoxy) is 1. The maximum Gasteiger partial charge on any atom is 0.253 e. The number of carbonyl (C=O) groups is 1. The third-order valence-electron chi connectivity index (χ3n) is 2.59. The van der Waals surface area contributed by atoms with Crippen LogP contribution in [0.2, 0.25) is 0 Å². The van der Waals surface area contributed by atoms with Crippen LogP contribution in [0.5, 0.6) is 5.88 Å². The molecule has 0 aliphatic rings. The van der Waals surface area contributed by atoms with Crippen LogP contribution in [0, 0.1) is 6.92 Å². The van der Waals surface area contributed by atoms with Crippen LogP contribution in [-0.2, 0) is 6.54 Å². The molecule has 1 amide bonds. The first-order chi connectivity index (χ1) is 8.70. The summed E-state index contributed by atoms with van der Waals surface area (Å²) < 4.78 is 4.94. The molecule has 0 spiro atoms. The van der Waals surface area contributed by atoms with Crippen molar-refractivity contribution >= 4 is 17.2 Å². The van der Waals surface area contributed by atoms with E-state index in [0.717, 1.165) is 0 Å². The van der Waals surface area contributed by atoms with Crippen molar-refractivity contribution in [1.82, 2.24) is 10.3 Å². The third-order valence-corrected chi connectivity index (χ3v) is 3.61. The molecule has 2 aromatic rings. The van der Waals surface area contributed by atoms with Gasteiger partial charge in [0, 0.05) is 17.1 Å². The lowest BCUT2D eigenvalue weighted by atomic mass is 10.2. The van der Waals surface area contributed by atoms with Gasteiger partial charge in [-0.15, -0.1) is 11.3 Å². The first-order valence-electron chi connectivity index (χ1n) is 5.52. The van der Waals surface area contributed by atoms with Crippen molar-refractivity contribution in [2.24, 2.45) is 0 Å². The average molecular weight is 262 g/mol. The van der Waals surface area contributed by atoms with Crippen LogP contribution >= 0.6 is 11.3 Å². The number of methoxy groups -OCH3 is 1. The van der Waals surface area contributed by atoms with E-state index in [2.05, 4.69) is 10.3 Å². The van der Waals surface area contributed by atoms with E-state index in [1.165, 1.54) is 16.6 Å². The highest BCUT2D eigenvalue weighted by Gasteiger charge is 2.07. The van der Waals surface area contributed by atoms with Crippen LogP contribution in [-0.4, -0.2) is 18.0 Å². The minimum Gasteiger partial charge on any atom is -0.481 e. The number of hydrogen-bond donors (Lipinski definition) is 1. The van der Waals surface area contributed by atoms with Gasteiger partial charge in [-0.2, -0.15) is 0 Å². The van der Waals surface area contributed by atoms with Gasteiger partial charge >= 0.3 is 0 Å². The van der Waals surface area contributed by atoms with Gasteiger partial charge in [-0.25, -0.2) is 4.98 Å². The number of carbonyl (C=O) groups excluding carboxylic acids is 1. The van der Waals surface area contributed by atoms with Crippen LogP contribution < -0.4 is 10.1 Å². The van der Waals surface area contributed by atoms with Crippen LogP contribution in [0.3, 0.4) is 0 Å². The lowest BCUT2D eigenvalue weighted by Crippen LogP contribution is -2.22. The van der Waals surface area contributed by atoms with Crippen LogP contribution in [0.1, 0.15) is 20.8 Å². The van der Waals surface area contributed by atoms with Crippen molar-refractivity contribution in [3.05, 3.63) is 45.8 Å². The highest BCUT2D eigenvalue weighted by atomic mass is 32.1. The van der Waals surface area contributed by atoms with Gasteiger partial charge in [-0.1, -0.05) is 0 Å². The number of pyridine rings is 1. The van der Waals surface area contributed by atoms with Gasteiger partial charge in [0.1, 0.15) is 0 Å². The average Bonchev–Trinajstić information content (AvgIpc) is 2.81. The molecule has 0 unspecified atom stereocenters. The number of aromatic nitrogens is 1. The van der Waals surface area contributed by atoms with E-state index in [4.69, 9.17) is 4.74 Å². The monoisotopic (exact) mass is 262 g/mol. The quantitative estimate of drug-likeness (QED) is 0.920. The van der Waals surface area contributed by atoms with Gasteiger partial charge in [0.15, 0.2) is 0 Å². The Morgan fingerprint density at radius 2 is 2.28 bits per heavy atom. The third kappa shape index (κ3) is 2.87. The minimum atomic E-state index is -0.127. The second kappa shape index (κ2) is 5.64. The molecule has 0 bridgehead atoms. The largest absolute Gasteiger partial charge is 0.481 e. The second-order valence-electron chi connectivity index (χ2n) is 3.80. The Kier molecular flexibility index (Phi) is 3.94. The Balaban J connectivity index is 1.97. The van der Waals surface area contributed by atoms with Gasteiger partial charge in [0.05, 0.1) is 19.2 Å². The molecule has 0 aliphatic heterocycles. The summed E-state index contributed by atoms with van der Waals surface area (Å²) in [6, 6.07) is 5.41. The van der Waals surface area contributed by atoms with Crippen molar-refractivity contribution in [3.8, 4) is 5.88 Å². The Hall–Kier alpha value is -1.88. The minimum absolute atomic E-state index is 0.127. The summed E-state index contributed by atoms with van der Waals surface area (Å²) in [7, 11) is 1.54. The molecular formula is C13H14N2O2S. The standard InChI is InChI=1S/C13H14N2O2S/c1-9-5-6-18-11(9)8-15-13(16)10-3-4-12(17-2)14-7-10/h3-7H,8H2,1-2H3,(H,15,16). The van der Waals surface area contributed by atoms with Gasteiger partial charge < -0.3 is 10.1 Å². The van der Waals surface area contributed by atoms with E-state index in [9.17, 15) is 4.79 Å². The fourth-order valence-electron chi connectivity index (χ4n) is 1.48. The van der Waals surface area contributed by atoms with Crippen molar-refractivity contribution < 1.29 is 9.53 Å². The number of nitrogens with one attached hydrogen (secondary N) is 1. The van der Waals surface area contributed by atoms with Gasteiger partial charge in [-0.05, 0) is 30.0 Å². The molecule has 4 nitrogen and oxygen atoms in total. The second-order valence-corrected chi connectivity index (χ2v) is 4.80. The molecule has 2 heterocycles. The molecule has 94 valence electrons. The van der Waals surface area contributed by atoms with Crippen LogP contribution in [0.25, 0.3) is 0 Å². The van der Waals surface area contributed by atoms with E-state index in [-0.39, 0.29) is 5.91 Å². The summed E-state index contributed by atoms with van der Waals surface area (Å²) in [5.41, 5.74) is 1.73. The number of aryl methyl sites for hydroxylation is 1. The van der Waals surface area contributed by atoms with Crippen molar-refractivity contribution in [3.63, 3.8) is 0 Å². The maximum absolute atomic E-state index is 11.9. The van der Waals surface area contributed by atoms with Crippen molar-refractivity contribution in [2.75, 3.05) is 7.11 Å². The lowest BCUT2D eigenvalue weighted by Gasteiger charge is -2.05. The first kappa shape index (κ1) is 12.6. The summed E-state index contributed by atoms with van der Waals surface area (Å²) in [4.78, 5) is 17.0. The molecule has 0 saturated heterocycles. The lowest BCUT2D eigenvalue weighted by molar-refractivity contribution is 0.0951. The zero-order chi connectivity index (χ0) is 13.0. The Morgan fingerprint density at radius 1 is 1.44 bits per heavy atom. The van der Waals surface area contributed by atoms with Crippen LogP contribution in [0.4, 0.5) is 0 Å². The van der Waals surface area contributed by atoms with E-state index in [1.54, 1.807) is 30.6 Å². The highest BCUT2D eigenvalue weighted by Crippen LogP contribution is 2.15. The molecule has 1 N–H and O–H groups in total. The van der Waals surface area contributed by atoms with E-state index in [1.807, 2.05) is 18.4 Å². The van der Waals surface area contributed by atoms with E-state index >= 15 is 0 Å². The smallest absolute Gasteiger partial charge is 0.253 e. The fraction of sp³-hybridized carbons (Fsp3) is 0.231. The molecular weight excluding hydrogens is 248 g/mol. The van der Waals surface area contributed by atoms with Crippen molar-refractivity contribution in [2.45, 2.75) is 13.5 Å². The zero-order valence-corrected chi connectivity index (χ0v) is 11.1. The number of rotatable bonds is 4. The molecule has 0 saturated carbocycles. The van der Waals surface area contributed by atoms with Gasteiger partial charge in [-0.3, -0.25) is 4.79 Å². The number of nitrogens with zero attached hydrogens (tertiary/aromatic N) is 1. The fourth-order valence-corrected chi connectivity index (χ4v) is 2.33. The number of thiophene rings is 1. The Bertz CT molecular complexity index is 534. The Morgan fingerprint density at radius 3 is 2.83 bits per heavy atom. The molecule has 0 aliphatic carbocycles. The SMILES string of the molecule is COc1ccc(C(=O)NCc2sccc2C)cn1. The molecule has 0 fully saturated rings. The number of amides is 1. The summed E-state index contributed by atoms with van der Waals surface area (Å²) in [6.07, 6.45) is 1.51. The van der Waals surface area contributed by atoms with Gasteiger partial charge in [0.25, 0.3) is 5.91 Å². The molecule has 0 radical (unpaired) electrons. The predicted molar refractivity (Wildman–Crippen MR) is 71.0 cm³/mol. The predicted octanol–water partition coefficient (Wildman–Crippen LogP) is 2.39. The Labute approximate surface area is 110 Å². The number of hydrogen-bond acceptors (Lipinski definition) is 4. The maximum atomic E-state index is 11.9. The normalized spacial score (nSPS) is 10.1. The summed E-state index contributed by atoms with van der Waals surface area (Å²) in [5.74, 6) is 0.374. The summed E-state index contributed by atoms with van der Waals surface area (Å²) in [5, 5.41) is 4.89. The molecule has 2 rings (SSSR count). The molecule has 5 heteroatoms. The molecule has 0 aromatic carbocycles. The molecule has 18 heavy (non-hydrogen) atoms. The topological polar surface area (TPSA) is 51.2 Å². The summed E-state index contributed by atoms with van der Waals surface area (Å²) in [6.45, 7) is 2.58. The first-order valence-corrected chi connectivity index (χ1v) is 6.40.